The highest BCUT2D eigenvalue weighted by Crippen LogP contribution is 2.53. The second kappa shape index (κ2) is 5.05. The summed E-state index contributed by atoms with van der Waals surface area (Å²) < 4.78 is 22.2. The molecule has 0 spiro atoms. The lowest BCUT2D eigenvalue weighted by Gasteiger charge is -2.46. The van der Waals surface area contributed by atoms with Crippen molar-refractivity contribution in [1.82, 2.24) is 4.90 Å². The fourth-order valence-electron chi connectivity index (χ4n) is 4.91. The van der Waals surface area contributed by atoms with Crippen LogP contribution in [0.4, 0.5) is 0 Å². The normalized spacial score (nSPS) is 27.7. The fraction of sp³-hybridized carbons (Fsp3) is 0.400. The molecule has 2 aromatic rings. The Kier molecular flexibility index (Phi) is 2.86. The average Bonchev–Trinajstić information content (AvgIpc) is 3.26. The first-order valence-electron chi connectivity index (χ1n) is 8.92. The summed E-state index contributed by atoms with van der Waals surface area (Å²) in [6, 6.07) is 8.34. The van der Waals surface area contributed by atoms with Crippen molar-refractivity contribution in [3.05, 3.63) is 46.5 Å². The molecule has 0 fully saturated rings. The SMILES string of the molecule is CN1Cc2cc3c(cc2C2C(O)Cc4cc5c(cc4C21)OCO5)OCO3. The minimum atomic E-state index is -0.463. The van der Waals surface area contributed by atoms with E-state index >= 15 is 0 Å². The van der Waals surface area contributed by atoms with Crippen LogP contribution in [0.25, 0.3) is 0 Å². The molecular weight excluding hydrogens is 334 g/mol. The predicted molar refractivity (Wildman–Crippen MR) is 91.8 cm³/mol. The van der Waals surface area contributed by atoms with E-state index in [0.717, 1.165) is 40.7 Å². The van der Waals surface area contributed by atoms with Crippen molar-refractivity contribution in [2.24, 2.45) is 0 Å². The van der Waals surface area contributed by atoms with Gasteiger partial charge in [-0.2, -0.15) is 0 Å². The number of ether oxygens (including phenoxy) is 4. The molecule has 0 aromatic heterocycles. The number of nitrogens with zero attached hydrogens (tertiary/aromatic N) is 1. The second-order valence-corrected chi connectivity index (χ2v) is 7.47. The largest absolute Gasteiger partial charge is 0.454 e. The van der Waals surface area contributed by atoms with E-state index in [1.807, 2.05) is 6.07 Å². The Labute approximate surface area is 150 Å². The highest BCUT2D eigenvalue weighted by molar-refractivity contribution is 5.56. The summed E-state index contributed by atoms with van der Waals surface area (Å²) in [6.07, 6.45) is 0.143. The van der Waals surface area contributed by atoms with Crippen LogP contribution >= 0.6 is 0 Å². The molecule has 0 saturated heterocycles. The monoisotopic (exact) mass is 353 g/mol. The number of fused-ring (bicyclic) bond motifs is 7. The fourth-order valence-corrected chi connectivity index (χ4v) is 4.91. The van der Waals surface area contributed by atoms with Gasteiger partial charge in [0, 0.05) is 18.5 Å². The lowest BCUT2D eigenvalue weighted by atomic mass is 9.70. The van der Waals surface area contributed by atoms with Gasteiger partial charge in [-0.3, -0.25) is 4.90 Å². The van der Waals surface area contributed by atoms with Crippen LogP contribution in [0.2, 0.25) is 0 Å². The highest BCUT2D eigenvalue weighted by atomic mass is 16.7. The smallest absolute Gasteiger partial charge is 0.231 e. The van der Waals surface area contributed by atoms with Crippen LogP contribution in [0, 0.1) is 0 Å². The van der Waals surface area contributed by atoms with Gasteiger partial charge < -0.3 is 24.1 Å². The third-order valence-corrected chi connectivity index (χ3v) is 6.02. The van der Waals surface area contributed by atoms with Gasteiger partial charge in [-0.25, -0.2) is 0 Å². The molecule has 26 heavy (non-hydrogen) atoms. The van der Waals surface area contributed by atoms with Crippen molar-refractivity contribution in [1.29, 1.82) is 0 Å². The molecule has 3 unspecified atom stereocenters. The molecule has 0 radical (unpaired) electrons. The maximum absolute atomic E-state index is 11.0. The van der Waals surface area contributed by atoms with Gasteiger partial charge in [-0.05, 0) is 60.0 Å². The van der Waals surface area contributed by atoms with Gasteiger partial charge in [0.05, 0.1) is 6.10 Å². The number of benzene rings is 2. The Hall–Kier alpha value is -2.44. The molecule has 3 heterocycles. The number of likely N-dealkylation sites (N-methyl/N-ethyl adjacent to an activating group) is 1. The first kappa shape index (κ1) is 14.7. The topological polar surface area (TPSA) is 60.4 Å². The lowest BCUT2D eigenvalue weighted by molar-refractivity contribution is 0.0599. The standard InChI is InChI=1S/C20H19NO5/c1-21-7-11-4-16-17(25-9-24-16)5-12(11)19-14(22)2-10-3-15-18(26-8-23-15)6-13(10)20(19)21/h3-6,14,19-20,22H,2,7-9H2,1H3. The van der Waals surface area contributed by atoms with E-state index < -0.39 is 6.10 Å². The molecule has 2 aromatic carbocycles. The van der Waals surface area contributed by atoms with Crippen LogP contribution in [-0.4, -0.2) is 36.7 Å². The highest BCUT2D eigenvalue weighted by Gasteiger charge is 2.44. The van der Waals surface area contributed by atoms with Gasteiger partial charge in [-0.1, -0.05) is 0 Å². The van der Waals surface area contributed by atoms with Crippen molar-refractivity contribution in [2.75, 3.05) is 20.6 Å². The summed E-state index contributed by atoms with van der Waals surface area (Å²) in [6.45, 7) is 1.32. The quantitative estimate of drug-likeness (QED) is 0.784. The van der Waals surface area contributed by atoms with Gasteiger partial charge in [0.25, 0.3) is 0 Å². The Bertz CT molecular complexity index is 851. The Morgan fingerprint density at radius 1 is 0.846 bits per heavy atom. The van der Waals surface area contributed by atoms with Gasteiger partial charge in [0.2, 0.25) is 13.6 Å². The zero-order valence-corrected chi connectivity index (χ0v) is 14.4. The first-order valence-corrected chi connectivity index (χ1v) is 8.92. The summed E-state index contributed by atoms with van der Waals surface area (Å²) in [7, 11) is 2.11. The minimum Gasteiger partial charge on any atom is -0.454 e. The number of hydrogen-bond acceptors (Lipinski definition) is 6. The van der Waals surface area contributed by atoms with Gasteiger partial charge in [-0.15, -0.1) is 0 Å². The summed E-state index contributed by atoms with van der Waals surface area (Å²) in [5, 5.41) is 11.0. The van der Waals surface area contributed by atoms with Crippen LogP contribution in [0.3, 0.4) is 0 Å². The van der Waals surface area contributed by atoms with E-state index in [2.05, 4.69) is 30.1 Å². The van der Waals surface area contributed by atoms with Gasteiger partial charge in [0.15, 0.2) is 23.0 Å². The maximum atomic E-state index is 11.0. The van der Waals surface area contributed by atoms with E-state index in [0.29, 0.717) is 6.42 Å². The van der Waals surface area contributed by atoms with Crippen LogP contribution in [0.5, 0.6) is 23.0 Å². The van der Waals surface area contributed by atoms with Crippen molar-refractivity contribution < 1.29 is 24.1 Å². The molecule has 6 heteroatoms. The summed E-state index contributed by atoms with van der Waals surface area (Å²) >= 11 is 0. The zero-order chi connectivity index (χ0) is 17.4. The van der Waals surface area contributed by atoms with E-state index in [1.165, 1.54) is 11.1 Å². The van der Waals surface area contributed by atoms with Crippen molar-refractivity contribution >= 4 is 0 Å². The zero-order valence-electron chi connectivity index (χ0n) is 14.4. The number of hydrogen-bond donors (Lipinski definition) is 1. The summed E-state index contributed by atoms with van der Waals surface area (Å²) in [5.74, 6) is 3.13. The Morgan fingerprint density at radius 3 is 2.12 bits per heavy atom. The van der Waals surface area contributed by atoms with E-state index in [4.69, 9.17) is 18.9 Å². The molecule has 0 bridgehead atoms. The predicted octanol–water partition coefficient (Wildman–Crippen LogP) is 2.33. The molecule has 3 atom stereocenters. The molecule has 4 aliphatic rings. The third-order valence-electron chi connectivity index (χ3n) is 6.02. The summed E-state index contributed by atoms with van der Waals surface area (Å²) in [4.78, 5) is 2.30. The second-order valence-electron chi connectivity index (χ2n) is 7.47. The van der Waals surface area contributed by atoms with Crippen LogP contribution in [0.1, 0.15) is 34.2 Å². The van der Waals surface area contributed by atoms with E-state index in [1.54, 1.807) is 0 Å². The molecule has 3 aliphatic heterocycles. The Morgan fingerprint density at radius 2 is 1.42 bits per heavy atom. The maximum Gasteiger partial charge on any atom is 0.231 e. The van der Waals surface area contributed by atoms with E-state index in [9.17, 15) is 5.11 Å². The first-order chi connectivity index (χ1) is 12.7. The lowest BCUT2D eigenvalue weighted by Crippen LogP contribution is -2.43. The third kappa shape index (κ3) is 1.88. The molecule has 134 valence electrons. The average molecular weight is 353 g/mol. The van der Waals surface area contributed by atoms with Gasteiger partial charge in [0.1, 0.15) is 0 Å². The van der Waals surface area contributed by atoms with Gasteiger partial charge >= 0.3 is 0 Å². The Balaban J connectivity index is 1.52. The number of aliphatic hydroxyl groups is 1. The minimum absolute atomic E-state index is 0.00822. The molecule has 1 aliphatic carbocycles. The molecular formula is C20H19NO5. The molecule has 1 N–H and O–H groups in total. The van der Waals surface area contributed by atoms with Crippen molar-refractivity contribution in [3.8, 4) is 23.0 Å². The molecule has 6 rings (SSSR count). The van der Waals surface area contributed by atoms with Crippen LogP contribution in [-0.2, 0) is 13.0 Å². The molecule has 0 saturated carbocycles. The van der Waals surface area contributed by atoms with Crippen LogP contribution < -0.4 is 18.9 Å². The number of rotatable bonds is 0. The van der Waals surface area contributed by atoms with Crippen molar-refractivity contribution in [2.45, 2.75) is 31.0 Å². The van der Waals surface area contributed by atoms with Crippen molar-refractivity contribution in [3.63, 3.8) is 0 Å². The van der Waals surface area contributed by atoms with Crippen LogP contribution in [0.15, 0.2) is 24.3 Å². The number of aliphatic hydroxyl groups excluding tert-OH is 1. The molecule has 6 nitrogen and oxygen atoms in total. The van der Waals surface area contributed by atoms with E-state index in [-0.39, 0.29) is 25.5 Å². The summed E-state index contributed by atoms with van der Waals surface area (Å²) in [5.41, 5.74) is 4.71. The molecule has 0 amide bonds.